The van der Waals surface area contributed by atoms with Crippen molar-refractivity contribution in [3.05, 3.63) is 88.3 Å². The van der Waals surface area contributed by atoms with Crippen molar-refractivity contribution < 1.29 is 9.53 Å². The first-order chi connectivity index (χ1) is 17.1. The van der Waals surface area contributed by atoms with E-state index in [9.17, 15) is 4.79 Å². The lowest BCUT2D eigenvalue weighted by Gasteiger charge is -2.31. The maximum Gasteiger partial charge on any atom is 0.210 e. The molecule has 3 nitrogen and oxygen atoms in total. The molecule has 0 atom stereocenters. The highest BCUT2D eigenvalue weighted by molar-refractivity contribution is 7.19. The Kier molecular flexibility index (Phi) is 8.84. The quantitative estimate of drug-likeness (QED) is 0.246. The zero-order valence-corrected chi connectivity index (χ0v) is 21.9. The first-order valence-electron chi connectivity index (χ1n) is 12.2. The standard InChI is InChI=1S/C21H25NO2.C9H7ClS/c1-24-21-12-6-9-19(14-21)18-8-5-7-17(13-18)15-22(16-23)20-10-3-2-4-11-20;1-6-9(10)7-4-2-3-5-8(7)11-6/h5-9,12-14,16,20H,2-4,10-11,15H2,1H3;2-5H,1H3. The summed E-state index contributed by atoms with van der Waals surface area (Å²) in [5.41, 5.74) is 3.46. The number of fused-ring (bicyclic) bond motifs is 1. The molecule has 1 aromatic heterocycles. The number of carbonyl (C=O) groups excluding carboxylic acids is 1. The third-order valence-electron chi connectivity index (χ3n) is 6.57. The van der Waals surface area contributed by atoms with E-state index in [1.165, 1.54) is 39.8 Å². The van der Waals surface area contributed by atoms with Crippen LogP contribution in [-0.2, 0) is 11.3 Å². The molecule has 5 rings (SSSR count). The fourth-order valence-corrected chi connectivity index (χ4v) is 5.96. The average molecular weight is 506 g/mol. The third-order valence-corrected chi connectivity index (χ3v) is 8.26. The van der Waals surface area contributed by atoms with Gasteiger partial charge in [-0.25, -0.2) is 0 Å². The molecule has 1 saturated carbocycles. The van der Waals surface area contributed by atoms with Crippen molar-refractivity contribution in [2.75, 3.05) is 7.11 Å². The van der Waals surface area contributed by atoms with Crippen molar-refractivity contribution in [1.29, 1.82) is 0 Å². The summed E-state index contributed by atoms with van der Waals surface area (Å²) < 4.78 is 6.59. The SMILES string of the molecule is COc1cccc(-c2cccc(CN(C=O)C3CCCCC3)c2)c1.Cc1sc2ccccc2c1Cl. The normalized spacial score (nSPS) is 13.7. The van der Waals surface area contributed by atoms with Crippen LogP contribution in [0.1, 0.15) is 42.5 Å². The Balaban J connectivity index is 0.000000218. The van der Waals surface area contributed by atoms with Crippen LogP contribution in [-0.4, -0.2) is 24.5 Å². The average Bonchev–Trinajstić information content (AvgIpc) is 3.21. The molecule has 1 amide bonds. The van der Waals surface area contributed by atoms with Crippen molar-refractivity contribution >= 4 is 39.4 Å². The lowest BCUT2D eigenvalue weighted by molar-refractivity contribution is -0.121. The summed E-state index contributed by atoms with van der Waals surface area (Å²) in [6.45, 7) is 2.74. The zero-order chi connectivity index (χ0) is 24.6. The van der Waals surface area contributed by atoms with Gasteiger partial charge in [0.1, 0.15) is 5.75 Å². The number of ether oxygens (including phenoxy) is 1. The minimum Gasteiger partial charge on any atom is -0.497 e. The highest BCUT2D eigenvalue weighted by Gasteiger charge is 2.20. The number of halogens is 1. The lowest BCUT2D eigenvalue weighted by Crippen LogP contribution is -2.35. The molecule has 182 valence electrons. The van der Waals surface area contributed by atoms with Gasteiger partial charge in [0, 0.05) is 27.5 Å². The van der Waals surface area contributed by atoms with Crippen LogP contribution >= 0.6 is 22.9 Å². The molecule has 0 N–H and O–H groups in total. The molecule has 0 radical (unpaired) electrons. The van der Waals surface area contributed by atoms with E-state index in [1.54, 1.807) is 18.4 Å². The van der Waals surface area contributed by atoms with Crippen LogP contribution in [0.4, 0.5) is 0 Å². The fourth-order valence-electron chi connectivity index (χ4n) is 4.66. The molecule has 0 saturated heterocycles. The molecular weight excluding hydrogens is 474 g/mol. The van der Waals surface area contributed by atoms with Crippen molar-refractivity contribution in [1.82, 2.24) is 4.90 Å². The molecule has 0 unspecified atom stereocenters. The Hall–Kier alpha value is -2.82. The molecule has 0 aliphatic heterocycles. The Morgan fingerprint density at radius 2 is 1.69 bits per heavy atom. The number of benzene rings is 3. The van der Waals surface area contributed by atoms with Gasteiger partial charge >= 0.3 is 0 Å². The van der Waals surface area contributed by atoms with E-state index >= 15 is 0 Å². The summed E-state index contributed by atoms with van der Waals surface area (Å²) in [5.74, 6) is 0.856. The number of rotatable bonds is 6. The van der Waals surface area contributed by atoms with Crippen LogP contribution in [0.2, 0.25) is 5.02 Å². The van der Waals surface area contributed by atoms with E-state index in [-0.39, 0.29) is 0 Å². The largest absolute Gasteiger partial charge is 0.497 e. The third kappa shape index (κ3) is 6.45. The zero-order valence-electron chi connectivity index (χ0n) is 20.4. The van der Waals surface area contributed by atoms with Crippen LogP contribution in [0.3, 0.4) is 0 Å². The van der Waals surface area contributed by atoms with Crippen molar-refractivity contribution in [2.24, 2.45) is 0 Å². The molecule has 1 aliphatic rings. The Labute approximate surface area is 217 Å². The highest BCUT2D eigenvalue weighted by Crippen LogP contribution is 2.34. The van der Waals surface area contributed by atoms with Crippen LogP contribution in [0.15, 0.2) is 72.8 Å². The van der Waals surface area contributed by atoms with Gasteiger partial charge in [0.15, 0.2) is 0 Å². The minimum absolute atomic E-state index is 0.400. The van der Waals surface area contributed by atoms with Crippen LogP contribution in [0.5, 0.6) is 5.75 Å². The van der Waals surface area contributed by atoms with Gasteiger partial charge in [0.25, 0.3) is 0 Å². The van der Waals surface area contributed by atoms with E-state index in [2.05, 4.69) is 42.5 Å². The molecule has 35 heavy (non-hydrogen) atoms. The number of amides is 1. The summed E-state index contributed by atoms with van der Waals surface area (Å²) in [7, 11) is 1.68. The second-order valence-electron chi connectivity index (χ2n) is 8.97. The lowest BCUT2D eigenvalue weighted by atomic mass is 9.94. The van der Waals surface area contributed by atoms with E-state index in [0.717, 1.165) is 41.2 Å². The van der Waals surface area contributed by atoms with E-state index in [4.69, 9.17) is 16.3 Å². The molecule has 0 spiro atoms. The Morgan fingerprint density at radius 1 is 0.971 bits per heavy atom. The summed E-state index contributed by atoms with van der Waals surface area (Å²) in [6, 6.07) is 25.1. The monoisotopic (exact) mass is 505 g/mol. The molecule has 4 aromatic rings. The Morgan fingerprint density at radius 3 is 2.40 bits per heavy atom. The van der Waals surface area contributed by atoms with Gasteiger partial charge in [-0.2, -0.15) is 0 Å². The van der Waals surface area contributed by atoms with Gasteiger partial charge in [0.2, 0.25) is 6.41 Å². The van der Waals surface area contributed by atoms with E-state index in [0.29, 0.717) is 12.6 Å². The number of aryl methyl sites for hydroxylation is 1. The molecular formula is C30H32ClNO2S. The number of hydrogen-bond donors (Lipinski definition) is 0. The van der Waals surface area contributed by atoms with Gasteiger partial charge in [-0.15, -0.1) is 11.3 Å². The van der Waals surface area contributed by atoms with Crippen LogP contribution in [0.25, 0.3) is 21.2 Å². The van der Waals surface area contributed by atoms with Gasteiger partial charge in [0.05, 0.1) is 12.1 Å². The number of thiophene rings is 1. The molecule has 3 aromatic carbocycles. The molecule has 0 bridgehead atoms. The van der Waals surface area contributed by atoms with E-state index in [1.807, 2.05) is 42.2 Å². The highest BCUT2D eigenvalue weighted by atomic mass is 35.5. The van der Waals surface area contributed by atoms with E-state index < -0.39 is 0 Å². The van der Waals surface area contributed by atoms with Crippen LogP contribution < -0.4 is 4.74 Å². The predicted octanol–water partition coefficient (Wildman–Crippen LogP) is 8.52. The topological polar surface area (TPSA) is 29.5 Å². The number of methoxy groups -OCH3 is 1. The van der Waals surface area contributed by atoms with Crippen LogP contribution in [0, 0.1) is 6.92 Å². The number of carbonyl (C=O) groups is 1. The smallest absolute Gasteiger partial charge is 0.210 e. The molecule has 1 heterocycles. The molecule has 1 aliphatic carbocycles. The van der Waals surface area contributed by atoms with Gasteiger partial charge in [-0.3, -0.25) is 4.79 Å². The molecule has 5 heteroatoms. The number of hydrogen-bond acceptors (Lipinski definition) is 3. The second-order valence-corrected chi connectivity index (χ2v) is 10.6. The summed E-state index contributed by atoms with van der Waals surface area (Å²) in [4.78, 5) is 14.7. The predicted molar refractivity (Wildman–Crippen MR) is 148 cm³/mol. The van der Waals surface area contributed by atoms with Crippen molar-refractivity contribution in [3.63, 3.8) is 0 Å². The summed E-state index contributed by atoms with van der Waals surface area (Å²) >= 11 is 7.80. The Bertz CT molecular complexity index is 1260. The van der Waals surface area contributed by atoms with Gasteiger partial charge < -0.3 is 9.64 Å². The minimum atomic E-state index is 0.400. The van der Waals surface area contributed by atoms with Crippen molar-refractivity contribution in [2.45, 2.75) is 51.6 Å². The maximum absolute atomic E-state index is 11.6. The first-order valence-corrected chi connectivity index (χ1v) is 13.4. The second kappa shape index (κ2) is 12.2. The maximum atomic E-state index is 11.6. The van der Waals surface area contributed by atoms with Gasteiger partial charge in [-0.05, 0) is 60.7 Å². The fraction of sp³-hybridized carbons (Fsp3) is 0.300. The first kappa shape index (κ1) is 25.3. The summed E-state index contributed by atoms with van der Waals surface area (Å²) in [5, 5.41) is 2.09. The van der Waals surface area contributed by atoms with Crippen molar-refractivity contribution in [3.8, 4) is 16.9 Å². The number of nitrogens with zero attached hydrogens (tertiary/aromatic N) is 1. The molecule has 1 fully saturated rings. The summed E-state index contributed by atoms with van der Waals surface area (Å²) in [6.07, 6.45) is 7.06. The van der Waals surface area contributed by atoms with Gasteiger partial charge in [-0.1, -0.05) is 79.4 Å².